The minimum atomic E-state index is -3.55. The van der Waals surface area contributed by atoms with Crippen molar-refractivity contribution in [1.29, 1.82) is 0 Å². The molecule has 0 spiro atoms. The Kier molecular flexibility index (Phi) is 8.03. The highest BCUT2D eigenvalue weighted by atomic mass is 32.2. The zero-order chi connectivity index (χ0) is 22.6. The monoisotopic (exact) mass is 467 g/mol. The van der Waals surface area contributed by atoms with Crippen molar-refractivity contribution in [3.05, 3.63) is 29.1 Å². The van der Waals surface area contributed by atoms with Crippen molar-refractivity contribution >= 4 is 22.2 Å². The van der Waals surface area contributed by atoms with Gasteiger partial charge in [-0.3, -0.25) is 4.90 Å². The van der Waals surface area contributed by atoms with Crippen LogP contribution in [0.15, 0.2) is 33.6 Å². The number of sulfonamides is 1. The molecular weight excluding hydrogens is 434 g/mol. The van der Waals surface area contributed by atoms with Gasteiger partial charge in [-0.05, 0) is 36.3 Å². The molecule has 10 heteroatoms. The number of benzene rings is 1. The third-order valence-corrected chi connectivity index (χ3v) is 7.79. The fraction of sp³-hybridized carbons (Fsp3) is 0.619. The zero-order valence-electron chi connectivity index (χ0n) is 18.8. The van der Waals surface area contributed by atoms with E-state index < -0.39 is 10.0 Å². The van der Waals surface area contributed by atoms with Crippen molar-refractivity contribution in [2.24, 2.45) is 5.92 Å². The second-order valence-electron chi connectivity index (χ2n) is 8.24. The number of piperazine rings is 1. The highest BCUT2D eigenvalue weighted by molar-refractivity contribution is 7.89. The molecule has 2 aromatic rings. The Morgan fingerprint density at radius 1 is 1.13 bits per heavy atom. The molecule has 31 heavy (non-hydrogen) atoms. The van der Waals surface area contributed by atoms with Crippen molar-refractivity contribution in [2.45, 2.75) is 39.3 Å². The SMILES string of the molecule is CCN(CC)S(=O)(=O)c1cccc(-c2nn(CN3CCN(CC(C)C)CC3)c(=S)o2)c1. The smallest absolute Gasteiger partial charge is 0.288 e. The van der Waals surface area contributed by atoms with E-state index in [9.17, 15) is 8.42 Å². The first-order chi connectivity index (χ1) is 14.7. The number of hydrogen-bond acceptors (Lipinski definition) is 7. The van der Waals surface area contributed by atoms with Crippen LogP contribution >= 0.6 is 12.2 Å². The molecule has 172 valence electrons. The average molecular weight is 468 g/mol. The van der Waals surface area contributed by atoms with Crippen LogP contribution in [0.5, 0.6) is 0 Å². The van der Waals surface area contributed by atoms with Gasteiger partial charge in [0.25, 0.3) is 4.84 Å². The maximum absolute atomic E-state index is 12.8. The van der Waals surface area contributed by atoms with Gasteiger partial charge in [0.2, 0.25) is 15.9 Å². The van der Waals surface area contributed by atoms with Crippen LogP contribution in [-0.2, 0) is 16.7 Å². The van der Waals surface area contributed by atoms with Crippen LogP contribution in [0, 0.1) is 10.8 Å². The van der Waals surface area contributed by atoms with Crippen LogP contribution in [0.25, 0.3) is 11.5 Å². The summed E-state index contributed by atoms with van der Waals surface area (Å²) >= 11 is 5.38. The van der Waals surface area contributed by atoms with Crippen molar-refractivity contribution in [3.63, 3.8) is 0 Å². The summed E-state index contributed by atoms with van der Waals surface area (Å²) in [4.78, 5) is 5.30. The van der Waals surface area contributed by atoms with E-state index in [0.29, 0.717) is 37.1 Å². The highest BCUT2D eigenvalue weighted by Gasteiger charge is 2.23. The van der Waals surface area contributed by atoms with Gasteiger partial charge >= 0.3 is 0 Å². The molecule has 3 rings (SSSR count). The molecule has 1 aliphatic rings. The molecule has 1 fully saturated rings. The van der Waals surface area contributed by atoms with E-state index in [4.69, 9.17) is 16.6 Å². The average Bonchev–Trinajstić information content (AvgIpc) is 3.10. The Morgan fingerprint density at radius 3 is 2.39 bits per heavy atom. The fourth-order valence-electron chi connectivity index (χ4n) is 3.83. The van der Waals surface area contributed by atoms with Crippen LogP contribution in [0.3, 0.4) is 0 Å². The van der Waals surface area contributed by atoms with Gasteiger partial charge < -0.3 is 9.32 Å². The molecule has 1 saturated heterocycles. The summed E-state index contributed by atoms with van der Waals surface area (Å²) in [6.45, 7) is 14.6. The van der Waals surface area contributed by atoms with Crippen LogP contribution in [0.2, 0.25) is 0 Å². The van der Waals surface area contributed by atoms with E-state index in [-0.39, 0.29) is 9.73 Å². The number of aromatic nitrogens is 2. The standard InChI is InChI=1S/C21H33N5O3S2/c1-5-25(6-2)31(27,28)19-9-7-8-18(14-19)20-22-26(21(30)29-20)16-24-12-10-23(11-13-24)15-17(3)4/h7-9,14,17H,5-6,10-13,15-16H2,1-4H3. The molecule has 0 atom stereocenters. The van der Waals surface area contributed by atoms with Crippen molar-refractivity contribution in [2.75, 3.05) is 45.8 Å². The molecule has 2 heterocycles. The van der Waals surface area contributed by atoms with Gasteiger partial charge in [-0.25, -0.2) is 13.1 Å². The van der Waals surface area contributed by atoms with E-state index >= 15 is 0 Å². The summed E-state index contributed by atoms with van der Waals surface area (Å²) in [5.41, 5.74) is 0.597. The van der Waals surface area contributed by atoms with Crippen LogP contribution in [0.1, 0.15) is 27.7 Å². The summed E-state index contributed by atoms with van der Waals surface area (Å²) in [7, 11) is -3.55. The van der Waals surface area contributed by atoms with E-state index in [1.807, 2.05) is 13.8 Å². The Labute approximate surface area is 190 Å². The van der Waals surface area contributed by atoms with Gasteiger partial charge in [0, 0.05) is 51.4 Å². The van der Waals surface area contributed by atoms with E-state index in [1.165, 1.54) is 4.31 Å². The van der Waals surface area contributed by atoms with Gasteiger partial charge in [0.05, 0.1) is 11.6 Å². The third kappa shape index (κ3) is 5.81. The minimum Gasteiger partial charge on any atom is -0.409 e. The van der Waals surface area contributed by atoms with E-state index in [0.717, 1.165) is 32.7 Å². The maximum atomic E-state index is 12.8. The van der Waals surface area contributed by atoms with Gasteiger partial charge in [-0.15, -0.1) is 5.10 Å². The van der Waals surface area contributed by atoms with Gasteiger partial charge in [-0.2, -0.15) is 4.31 Å². The van der Waals surface area contributed by atoms with Crippen LogP contribution < -0.4 is 0 Å². The number of rotatable bonds is 9. The second-order valence-corrected chi connectivity index (χ2v) is 10.5. The zero-order valence-corrected chi connectivity index (χ0v) is 20.5. The van der Waals surface area contributed by atoms with Gasteiger partial charge in [0.1, 0.15) is 0 Å². The Morgan fingerprint density at radius 2 is 1.77 bits per heavy atom. The topological polar surface area (TPSA) is 74.8 Å². The predicted molar refractivity (Wildman–Crippen MR) is 124 cm³/mol. The first kappa shape index (κ1) is 24.1. The summed E-state index contributed by atoms with van der Waals surface area (Å²) in [5.74, 6) is 1.000. The lowest BCUT2D eigenvalue weighted by Gasteiger charge is -2.35. The maximum Gasteiger partial charge on any atom is 0.288 e. The number of nitrogens with zero attached hydrogens (tertiary/aromatic N) is 5. The first-order valence-corrected chi connectivity index (χ1v) is 12.7. The molecule has 8 nitrogen and oxygen atoms in total. The summed E-state index contributed by atoms with van der Waals surface area (Å²) in [5, 5.41) is 4.53. The van der Waals surface area contributed by atoms with Crippen LogP contribution in [-0.4, -0.2) is 78.1 Å². The second kappa shape index (κ2) is 10.4. The molecule has 0 saturated carbocycles. The lowest BCUT2D eigenvalue weighted by Crippen LogP contribution is -2.47. The Bertz CT molecular complexity index is 1020. The van der Waals surface area contributed by atoms with Gasteiger partial charge in [0.15, 0.2) is 0 Å². The lowest BCUT2D eigenvalue weighted by molar-refractivity contribution is 0.0944. The van der Waals surface area contributed by atoms with Gasteiger partial charge in [-0.1, -0.05) is 33.8 Å². The van der Waals surface area contributed by atoms with Crippen molar-refractivity contribution in [3.8, 4) is 11.5 Å². The molecule has 1 aromatic carbocycles. The van der Waals surface area contributed by atoms with Crippen molar-refractivity contribution in [1.82, 2.24) is 23.9 Å². The predicted octanol–water partition coefficient (Wildman–Crippen LogP) is 3.13. The molecule has 0 amide bonds. The van der Waals surface area contributed by atoms with E-state index in [2.05, 4.69) is 28.7 Å². The van der Waals surface area contributed by atoms with Crippen LogP contribution in [0.4, 0.5) is 0 Å². The Balaban J connectivity index is 1.74. The molecule has 0 unspecified atom stereocenters. The molecule has 0 bridgehead atoms. The minimum absolute atomic E-state index is 0.227. The summed E-state index contributed by atoms with van der Waals surface area (Å²) in [6, 6.07) is 6.69. The molecule has 1 aliphatic heterocycles. The first-order valence-electron chi connectivity index (χ1n) is 10.9. The van der Waals surface area contributed by atoms with Crippen molar-refractivity contribution < 1.29 is 12.8 Å². The molecule has 0 N–H and O–H groups in total. The molecule has 0 radical (unpaired) electrons. The third-order valence-electron chi connectivity index (χ3n) is 5.45. The largest absolute Gasteiger partial charge is 0.409 e. The molecular formula is C21H33N5O3S2. The fourth-order valence-corrected chi connectivity index (χ4v) is 5.52. The highest BCUT2D eigenvalue weighted by Crippen LogP contribution is 2.24. The number of hydrogen-bond donors (Lipinski definition) is 0. The quantitative estimate of drug-likeness (QED) is 0.525. The molecule has 1 aromatic heterocycles. The van der Waals surface area contributed by atoms with E-state index in [1.54, 1.807) is 28.9 Å². The Hall–Kier alpha value is -1.59. The lowest BCUT2D eigenvalue weighted by atomic mass is 10.2. The summed E-state index contributed by atoms with van der Waals surface area (Å²) < 4.78 is 34.5. The normalized spacial score (nSPS) is 16.5. The summed E-state index contributed by atoms with van der Waals surface area (Å²) in [6.07, 6.45) is 0. The molecule has 0 aliphatic carbocycles.